The van der Waals surface area contributed by atoms with Crippen LogP contribution < -0.4 is 0 Å². The van der Waals surface area contributed by atoms with Crippen LogP contribution in [0.3, 0.4) is 0 Å². The number of hydrogen-bond donors (Lipinski definition) is 0. The van der Waals surface area contributed by atoms with Gasteiger partial charge >= 0.3 is 17.9 Å². The average Bonchev–Trinajstić information content (AvgIpc) is 3.43. The summed E-state index contributed by atoms with van der Waals surface area (Å²) in [7, 11) is 0. The number of ether oxygens (including phenoxy) is 3. The summed E-state index contributed by atoms with van der Waals surface area (Å²) >= 11 is 0. The molecule has 0 aliphatic carbocycles. The van der Waals surface area contributed by atoms with Crippen LogP contribution >= 0.6 is 0 Å². The number of hydrogen-bond acceptors (Lipinski definition) is 6. The number of rotatable bonds is 56. The minimum atomic E-state index is -0.799. The number of unbranched alkanes of at least 4 members (excludes halogenated alkanes) is 23. The summed E-state index contributed by atoms with van der Waals surface area (Å²) in [5.74, 6) is -0.932. The number of carbonyl (C=O) groups is 3. The van der Waals surface area contributed by atoms with E-state index in [2.05, 4.69) is 154 Å². The van der Waals surface area contributed by atoms with E-state index >= 15 is 0 Å². The lowest BCUT2D eigenvalue weighted by Gasteiger charge is -2.18. The summed E-state index contributed by atoms with van der Waals surface area (Å²) in [5, 5.41) is 0. The Balaban J connectivity index is 4.34. The van der Waals surface area contributed by atoms with Crippen molar-refractivity contribution < 1.29 is 28.6 Å². The van der Waals surface area contributed by atoms with Crippen LogP contribution in [0.1, 0.15) is 278 Å². The first-order valence-electron chi connectivity index (χ1n) is 31.7. The van der Waals surface area contributed by atoms with Crippen molar-refractivity contribution in [2.75, 3.05) is 13.2 Å². The monoisotopic (exact) mass is 1060 g/mol. The van der Waals surface area contributed by atoms with Crippen molar-refractivity contribution in [3.8, 4) is 0 Å². The molecule has 0 heterocycles. The van der Waals surface area contributed by atoms with Crippen molar-refractivity contribution in [2.24, 2.45) is 0 Å². The smallest absolute Gasteiger partial charge is 0.306 e. The van der Waals surface area contributed by atoms with Gasteiger partial charge < -0.3 is 14.2 Å². The van der Waals surface area contributed by atoms with E-state index in [4.69, 9.17) is 14.2 Å². The predicted molar refractivity (Wildman–Crippen MR) is 334 cm³/mol. The van der Waals surface area contributed by atoms with E-state index < -0.39 is 6.10 Å². The first-order valence-corrected chi connectivity index (χ1v) is 31.7. The molecule has 0 aliphatic rings. The summed E-state index contributed by atoms with van der Waals surface area (Å²) in [6.07, 6.45) is 90.2. The standard InChI is InChI=1S/C71H116O6/c1-4-7-10-13-16-19-22-25-27-28-29-30-31-32-33-34-35-36-37-38-39-40-41-42-44-46-49-52-55-58-61-64-70(73)76-67-68(66-75-69(72)63-60-57-54-51-48-45-24-21-18-15-12-9-6-3)77-71(74)65-62-59-56-53-50-47-43-26-23-20-17-14-11-8-5-2/h7,10,12,15-16,19,21,24-27,29-30,32-33,35-36,38-39,41-43,68H,4-6,8-9,11,13-14,17-18,20,22-23,28,31,34,37,40,44-67H2,1-3H3/b10-7-,15-12-,19-16-,24-21-,27-25-,30-29-,33-32-,36-35-,39-38-,42-41-,43-26-. The van der Waals surface area contributed by atoms with Crippen LogP contribution in [-0.4, -0.2) is 37.2 Å². The Morgan fingerprint density at radius 3 is 0.857 bits per heavy atom. The van der Waals surface area contributed by atoms with Crippen LogP contribution in [0.25, 0.3) is 0 Å². The summed E-state index contributed by atoms with van der Waals surface area (Å²) in [6, 6.07) is 0. The van der Waals surface area contributed by atoms with Gasteiger partial charge in [-0.3, -0.25) is 14.4 Å². The van der Waals surface area contributed by atoms with E-state index in [1.54, 1.807) is 0 Å². The number of carbonyl (C=O) groups excluding carboxylic acids is 3. The van der Waals surface area contributed by atoms with Gasteiger partial charge in [-0.25, -0.2) is 0 Å². The molecular formula is C71H116O6. The maximum Gasteiger partial charge on any atom is 0.306 e. The molecule has 0 aliphatic heterocycles. The molecule has 1 atom stereocenters. The molecule has 77 heavy (non-hydrogen) atoms. The lowest BCUT2D eigenvalue weighted by Crippen LogP contribution is -2.30. The molecule has 1 unspecified atom stereocenters. The Kier molecular flexibility index (Phi) is 60.4. The third-order valence-electron chi connectivity index (χ3n) is 13.1. The van der Waals surface area contributed by atoms with Crippen LogP contribution in [0.15, 0.2) is 134 Å². The second-order valence-corrected chi connectivity index (χ2v) is 20.6. The third-order valence-corrected chi connectivity index (χ3v) is 13.1. The molecule has 0 aromatic rings. The van der Waals surface area contributed by atoms with E-state index in [1.807, 2.05) is 0 Å². The van der Waals surface area contributed by atoms with Crippen molar-refractivity contribution in [1.82, 2.24) is 0 Å². The second kappa shape index (κ2) is 64.1. The van der Waals surface area contributed by atoms with Crippen LogP contribution in [0.5, 0.6) is 0 Å². The molecule has 0 aromatic heterocycles. The summed E-state index contributed by atoms with van der Waals surface area (Å²) in [6.45, 7) is 6.43. The van der Waals surface area contributed by atoms with E-state index in [0.29, 0.717) is 19.3 Å². The first-order chi connectivity index (χ1) is 38.0. The quantitative estimate of drug-likeness (QED) is 0.0261. The molecule has 0 radical (unpaired) electrons. The van der Waals surface area contributed by atoms with Gasteiger partial charge in [-0.1, -0.05) is 257 Å². The molecule has 0 amide bonds. The van der Waals surface area contributed by atoms with Gasteiger partial charge in [0.05, 0.1) is 0 Å². The second-order valence-electron chi connectivity index (χ2n) is 20.6. The van der Waals surface area contributed by atoms with E-state index in [1.165, 1.54) is 70.6 Å². The van der Waals surface area contributed by atoms with Crippen LogP contribution in [0.4, 0.5) is 0 Å². The fourth-order valence-corrected chi connectivity index (χ4v) is 8.37. The zero-order chi connectivity index (χ0) is 55.7. The van der Waals surface area contributed by atoms with Gasteiger partial charge in [0, 0.05) is 19.3 Å². The Bertz CT molecular complexity index is 1650. The van der Waals surface area contributed by atoms with Crippen LogP contribution in [0.2, 0.25) is 0 Å². The Labute approximate surface area is 475 Å². The van der Waals surface area contributed by atoms with Crippen molar-refractivity contribution in [2.45, 2.75) is 284 Å². The molecule has 436 valence electrons. The Hall–Kier alpha value is -4.45. The molecule has 0 fully saturated rings. The maximum atomic E-state index is 12.9. The predicted octanol–water partition coefficient (Wildman–Crippen LogP) is 21.8. The Morgan fingerprint density at radius 1 is 0.273 bits per heavy atom. The molecule has 6 nitrogen and oxygen atoms in total. The largest absolute Gasteiger partial charge is 0.462 e. The van der Waals surface area contributed by atoms with Gasteiger partial charge in [0.2, 0.25) is 0 Å². The normalized spacial score (nSPS) is 13.0. The highest BCUT2D eigenvalue weighted by molar-refractivity contribution is 5.71. The molecule has 0 saturated carbocycles. The SMILES string of the molecule is CC/C=C\C/C=C\C/C=C\C/C=C\C/C=C\C/C=C\C/C=C\C/C=C\CCCCCCCCC(=O)OCC(COC(=O)CCCCCCC/C=C\C/C=C\CCC)OC(=O)CCCCCCC/C=C\CCCCCCCC. The highest BCUT2D eigenvalue weighted by atomic mass is 16.6. The van der Waals surface area contributed by atoms with Gasteiger partial charge in [0.15, 0.2) is 6.10 Å². The van der Waals surface area contributed by atoms with E-state index in [0.717, 1.165) is 167 Å². The topological polar surface area (TPSA) is 78.9 Å². The minimum absolute atomic E-state index is 0.0961. The lowest BCUT2D eigenvalue weighted by molar-refractivity contribution is -0.167. The van der Waals surface area contributed by atoms with E-state index in [-0.39, 0.29) is 31.1 Å². The van der Waals surface area contributed by atoms with Gasteiger partial charge in [-0.05, 0) is 135 Å². The van der Waals surface area contributed by atoms with Gasteiger partial charge in [0.25, 0.3) is 0 Å². The van der Waals surface area contributed by atoms with E-state index in [9.17, 15) is 14.4 Å². The van der Waals surface area contributed by atoms with Crippen molar-refractivity contribution in [3.05, 3.63) is 134 Å². The highest BCUT2D eigenvalue weighted by Gasteiger charge is 2.19. The summed E-state index contributed by atoms with van der Waals surface area (Å²) < 4.78 is 16.9. The van der Waals surface area contributed by atoms with Crippen molar-refractivity contribution in [1.29, 1.82) is 0 Å². The molecule has 0 bridgehead atoms. The average molecular weight is 1070 g/mol. The first kappa shape index (κ1) is 72.5. The van der Waals surface area contributed by atoms with Crippen molar-refractivity contribution in [3.63, 3.8) is 0 Å². The molecule has 0 spiro atoms. The van der Waals surface area contributed by atoms with Crippen LogP contribution in [-0.2, 0) is 28.6 Å². The highest BCUT2D eigenvalue weighted by Crippen LogP contribution is 2.14. The molecule has 0 N–H and O–H groups in total. The molecule has 0 saturated heterocycles. The zero-order valence-electron chi connectivity index (χ0n) is 49.9. The zero-order valence-corrected chi connectivity index (χ0v) is 49.9. The molecule has 6 heteroatoms. The summed E-state index contributed by atoms with van der Waals surface area (Å²) in [5.41, 5.74) is 0. The maximum absolute atomic E-state index is 12.9. The molecule has 0 aromatic carbocycles. The fraction of sp³-hybridized carbons (Fsp3) is 0.648. The number of esters is 3. The van der Waals surface area contributed by atoms with Crippen molar-refractivity contribution >= 4 is 17.9 Å². The minimum Gasteiger partial charge on any atom is -0.462 e. The van der Waals surface area contributed by atoms with Crippen LogP contribution in [0, 0.1) is 0 Å². The number of allylic oxidation sites excluding steroid dienone is 22. The molecule has 0 rings (SSSR count). The Morgan fingerprint density at radius 2 is 0.532 bits per heavy atom. The van der Waals surface area contributed by atoms with Gasteiger partial charge in [0.1, 0.15) is 13.2 Å². The van der Waals surface area contributed by atoms with Gasteiger partial charge in [-0.2, -0.15) is 0 Å². The lowest BCUT2D eigenvalue weighted by atomic mass is 10.1. The molecular weight excluding hydrogens is 949 g/mol. The van der Waals surface area contributed by atoms with Gasteiger partial charge in [-0.15, -0.1) is 0 Å². The fourth-order valence-electron chi connectivity index (χ4n) is 8.37. The third kappa shape index (κ3) is 62.3. The summed E-state index contributed by atoms with van der Waals surface area (Å²) in [4.78, 5) is 38.2.